The highest BCUT2D eigenvalue weighted by atomic mass is 16.8. The minimum atomic E-state index is -2.00. The van der Waals surface area contributed by atoms with Crippen molar-refractivity contribution in [3.8, 4) is 0 Å². The van der Waals surface area contributed by atoms with Gasteiger partial charge in [0.2, 0.25) is 5.91 Å². The topological polar surface area (TPSA) is 307 Å². The molecule has 0 saturated carbocycles. The maximum atomic E-state index is 13.5. The Bertz CT molecular complexity index is 2580. The molecular formula is C87H141NO18. The van der Waals surface area contributed by atoms with E-state index in [-0.39, 0.29) is 12.3 Å². The molecular weight excluding hydrogens is 1350 g/mol. The number of aliphatic hydroxyl groups excluding tert-OH is 11. The average Bonchev–Trinajstić information content (AvgIpc) is 0.780. The number of ether oxygens (including phenoxy) is 6. The fourth-order valence-corrected chi connectivity index (χ4v) is 12.3. The van der Waals surface area contributed by atoms with Crippen LogP contribution in [0.1, 0.15) is 239 Å². The predicted molar refractivity (Wildman–Crippen MR) is 424 cm³/mol. The molecule has 0 spiro atoms. The Morgan fingerprint density at radius 1 is 0.349 bits per heavy atom. The van der Waals surface area contributed by atoms with Crippen molar-refractivity contribution in [2.24, 2.45) is 0 Å². The summed E-state index contributed by atoms with van der Waals surface area (Å²) in [7, 11) is 0. The molecule has 3 fully saturated rings. The zero-order valence-corrected chi connectivity index (χ0v) is 64.3. The van der Waals surface area contributed by atoms with E-state index in [1.807, 2.05) is 6.08 Å². The molecule has 17 atom stereocenters. The van der Waals surface area contributed by atoms with E-state index < -0.39 is 131 Å². The molecule has 17 unspecified atom stereocenters. The third-order valence-electron chi connectivity index (χ3n) is 18.7. The lowest BCUT2D eigenvalue weighted by Crippen LogP contribution is -2.66. The van der Waals surface area contributed by atoms with Crippen LogP contribution in [0.2, 0.25) is 0 Å². The van der Waals surface area contributed by atoms with Gasteiger partial charge in [0.1, 0.15) is 73.2 Å². The fourth-order valence-electron chi connectivity index (χ4n) is 12.3. The molecule has 3 aliphatic heterocycles. The molecule has 1 amide bonds. The number of aliphatic hydroxyl groups is 11. The molecule has 3 rings (SSSR count). The van der Waals surface area contributed by atoms with Gasteiger partial charge in [-0.25, -0.2) is 0 Å². The van der Waals surface area contributed by atoms with Gasteiger partial charge in [-0.2, -0.15) is 0 Å². The molecule has 0 radical (unpaired) electrons. The largest absolute Gasteiger partial charge is 0.394 e. The zero-order valence-electron chi connectivity index (χ0n) is 64.3. The summed E-state index contributed by atoms with van der Waals surface area (Å²) >= 11 is 0. The number of nitrogens with one attached hydrogen (secondary N) is 1. The van der Waals surface area contributed by atoms with Crippen LogP contribution in [0.5, 0.6) is 0 Å². The first-order valence-corrected chi connectivity index (χ1v) is 40.4. The van der Waals surface area contributed by atoms with Gasteiger partial charge < -0.3 is 89.9 Å². The summed E-state index contributed by atoms with van der Waals surface area (Å²) in [5.41, 5.74) is 0. The molecule has 3 heterocycles. The number of rotatable bonds is 61. The van der Waals surface area contributed by atoms with Crippen LogP contribution >= 0.6 is 0 Å². The molecule has 19 heteroatoms. The average molecular weight is 1490 g/mol. The Morgan fingerprint density at radius 2 is 0.660 bits per heavy atom. The number of hydrogen-bond donors (Lipinski definition) is 12. The summed E-state index contributed by atoms with van der Waals surface area (Å²) in [6.07, 6.45) is 70.5. The molecule has 106 heavy (non-hydrogen) atoms. The summed E-state index contributed by atoms with van der Waals surface area (Å²) in [5.74, 6) is -0.328. The number of carbonyl (C=O) groups is 1. The molecule has 0 aliphatic carbocycles. The maximum Gasteiger partial charge on any atom is 0.220 e. The van der Waals surface area contributed by atoms with Crippen molar-refractivity contribution in [3.05, 3.63) is 170 Å². The van der Waals surface area contributed by atoms with Gasteiger partial charge in [0.05, 0.1) is 38.6 Å². The lowest BCUT2D eigenvalue weighted by atomic mass is 9.96. The van der Waals surface area contributed by atoms with Gasteiger partial charge in [-0.3, -0.25) is 4.79 Å². The second-order valence-electron chi connectivity index (χ2n) is 27.8. The van der Waals surface area contributed by atoms with Gasteiger partial charge in [-0.05, 0) is 128 Å². The molecule has 0 bridgehead atoms. The van der Waals surface area contributed by atoms with Crippen molar-refractivity contribution in [2.75, 3.05) is 26.4 Å². The van der Waals surface area contributed by atoms with Crippen molar-refractivity contribution >= 4 is 5.91 Å². The molecule has 0 aromatic carbocycles. The van der Waals surface area contributed by atoms with Crippen molar-refractivity contribution in [2.45, 2.75) is 343 Å². The molecule has 0 aromatic rings. The number of hydrogen-bond acceptors (Lipinski definition) is 18. The van der Waals surface area contributed by atoms with Gasteiger partial charge in [-0.1, -0.05) is 274 Å². The maximum absolute atomic E-state index is 13.5. The van der Waals surface area contributed by atoms with Gasteiger partial charge >= 0.3 is 0 Å². The second-order valence-corrected chi connectivity index (χ2v) is 27.8. The van der Waals surface area contributed by atoms with Crippen LogP contribution in [-0.2, 0) is 33.2 Å². The third kappa shape index (κ3) is 44.1. The molecule has 0 aromatic heterocycles. The van der Waals surface area contributed by atoms with Crippen LogP contribution in [0.25, 0.3) is 0 Å². The van der Waals surface area contributed by atoms with Crippen LogP contribution in [0, 0.1) is 0 Å². The van der Waals surface area contributed by atoms with Crippen LogP contribution in [0.3, 0.4) is 0 Å². The number of amides is 1. The van der Waals surface area contributed by atoms with E-state index in [9.17, 15) is 61.0 Å². The van der Waals surface area contributed by atoms with Gasteiger partial charge in [0, 0.05) is 6.42 Å². The lowest BCUT2D eigenvalue weighted by Gasteiger charge is -2.48. The van der Waals surface area contributed by atoms with Crippen molar-refractivity contribution < 1.29 is 89.4 Å². The smallest absolute Gasteiger partial charge is 0.220 e. The van der Waals surface area contributed by atoms with E-state index in [1.54, 1.807) is 6.08 Å². The highest BCUT2D eigenvalue weighted by Crippen LogP contribution is 2.33. The fraction of sp³-hybridized carbons (Fsp3) is 0.667. The number of carbonyl (C=O) groups excluding carboxylic acids is 1. The van der Waals surface area contributed by atoms with Gasteiger partial charge in [0.25, 0.3) is 0 Å². The molecule has 3 aliphatic rings. The summed E-state index contributed by atoms with van der Waals surface area (Å²) in [6, 6.07) is -1.03. The Hall–Kier alpha value is -4.85. The van der Waals surface area contributed by atoms with Crippen LogP contribution < -0.4 is 5.32 Å². The minimum absolute atomic E-state index is 0.180. The SMILES string of the molecule is CC/C=C\C/C=C\C/C=C\C/C=C\C/C=C\C/C=C\C/C=C\C/C=C\C/C=C\C/C=C\C/C=C\CCCCCC(=O)NC(COC1OC(CO)C(OC2OC(CO)C(OC3OC(CO)C(O)C(O)C3O)C(O)C2O)C(O)C1O)C(O)/C=C/CC/C=C/CC/C=C/CCCCCCCCCCCCCCCC. The molecule has 19 nitrogen and oxygen atoms in total. The monoisotopic (exact) mass is 1490 g/mol. The highest BCUT2D eigenvalue weighted by Gasteiger charge is 2.54. The normalized spacial score (nSPS) is 26.6. The summed E-state index contributed by atoms with van der Waals surface area (Å²) in [6.45, 7) is 1.56. The van der Waals surface area contributed by atoms with Crippen molar-refractivity contribution in [1.82, 2.24) is 5.32 Å². The molecule has 3 saturated heterocycles. The van der Waals surface area contributed by atoms with Crippen LogP contribution in [-0.4, -0.2) is 193 Å². The van der Waals surface area contributed by atoms with Gasteiger partial charge in [0.15, 0.2) is 18.9 Å². The predicted octanol–water partition coefficient (Wildman–Crippen LogP) is 13.8. The highest BCUT2D eigenvalue weighted by molar-refractivity contribution is 5.76. The second kappa shape index (κ2) is 64.9. The van der Waals surface area contributed by atoms with E-state index in [4.69, 9.17) is 28.4 Å². The first kappa shape index (κ1) is 95.4. The summed E-state index contributed by atoms with van der Waals surface area (Å²) < 4.78 is 34.4. The third-order valence-corrected chi connectivity index (χ3v) is 18.7. The standard InChI is InChI=1S/C87H141NO18/c1-3-5-7-9-11-13-15-17-19-21-23-25-27-29-30-31-32-33-34-35-36-37-38-39-40-41-43-45-47-49-51-53-55-57-59-61-63-65-75(93)88-70(71(92)64-62-60-58-56-54-52-50-48-46-44-42-28-26-24-22-20-18-16-14-12-10-8-6-4-2)69-101-85-81(99)78(96)83(73(67-90)103-85)106-87-82(100)79(97)84(74(68-91)104-87)105-86-80(98)77(95)76(94)72(66-89)102-86/h5,7,11,13,17,19,23,25,29-30,32-33,35-36,38-39,41,43,46-49,53-56,62,64,70-74,76-87,89-92,94-100H,3-4,6,8-10,12,14-16,18,20-22,24,26-28,31,34,37,40,42,44-45,50-52,57-61,63,65-69H2,1-2H3,(H,88,93)/b7-5-,13-11-,19-17-,25-23-,30-29-,33-32-,36-35-,39-38-,43-41-,48-46+,49-47-,55-53-,56-54+,64-62+. The summed E-state index contributed by atoms with van der Waals surface area (Å²) in [4.78, 5) is 13.5. The van der Waals surface area contributed by atoms with E-state index in [2.05, 4.69) is 177 Å². The van der Waals surface area contributed by atoms with Crippen molar-refractivity contribution in [3.63, 3.8) is 0 Å². The Balaban J connectivity index is 1.41. The van der Waals surface area contributed by atoms with Gasteiger partial charge in [-0.15, -0.1) is 0 Å². The quantitative estimate of drug-likeness (QED) is 0.0199. The first-order valence-electron chi connectivity index (χ1n) is 40.4. The summed E-state index contributed by atoms with van der Waals surface area (Å²) in [5, 5.41) is 121. The number of unbranched alkanes of at least 4 members (excludes halogenated alkanes) is 19. The minimum Gasteiger partial charge on any atom is -0.394 e. The molecule has 602 valence electrons. The first-order chi connectivity index (χ1) is 51.8. The lowest BCUT2D eigenvalue weighted by molar-refractivity contribution is -0.379. The van der Waals surface area contributed by atoms with E-state index in [0.29, 0.717) is 12.8 Å². The number of allylic oxidation sites excluding steroid dienone is 27. The Labute approximate surface area is 637 Å². The van der Waals surface area contributed by atoms with Crippen LogP contribution in [0.4, 0.5) is 0 Å². The zero-order chi connectivity index (χ0) is 76.7. The van der Waals surface area contributed by atoms with Crippen LogP contribution in [0.15, 0.2) is 170 Å². The van der Waals surface area contributed by atoms with E-state index >= 15 is 0 Å². The van der Waals surface area contributed by atoms with E-state index in [1.165, 1.54) is 89.9 Å². The van der Waals surface area contributed by atoms with Crippen molar-refractivity contribution in [1.29, 1.82) is 0 Å². The Morgan fingerprint density at radius 3 is 1.06 bits per heavy atom. The van der Waals surface area contributed by atoms with E-state index in [0.717, 1.165) is 116 Å². The molecule has 12 N–H and O–H groups in total. The Kier molecular flexibility index (Phi) is 58.4.